The number of benzene rings is 1. The maximum atomic E-state index is 12.0. The summed E-state index contributed by atoms with van der Waals surface area (Å²) in [6.07, 6.45) is 3.19. The Morgan fingerprint density at radius 3 is 2.33 bits per heavy atom. The third kappa shape index (κ3) is 3.23. The summed E-state index contributed by atoms with van der Waals surface area (Å²) in [5.74, 6) is 0. The Morgan fingerprint density at radius 1 is 1.22 bits per heavy atom. The van der Waals surface area contributed by atoms with Crippen LogP contribution in [0.15, 0.2) is 29.2 Å². The zero-order chi connectivity index (χ0) is 13.2. The molecule has 0 heterocycles. The fourth-order valence-electron chi connectivity index (χ4n) is 2.14. The lowest BCUT2D eigenvalue weighted by Gasteiger charge is -2.22. The second-order valence-electron chi connectivity index (χ2n) is 4.71. The van der Waals surface area contributed by atoms with Crippen LogP contribution in [0.5, 0.6) is 0 Å². The minimum absolute atomic E-state index is 0.0674. The van der Waals surface area contributed by atoms with Crippen LogP contribution in [0.2, 0.25) is 5.02 Å². The molecule has 1 aliphatic rings. The van der Waals surface area contributed by atoms with Gasteiger partial charge in [-0.15, -0.1) is 0 Å². The fourth-order valence-corrected chi connectivity index (χ4v) is 3.38. The van der Waals surface area contributed by atoms with Crippen LogP contribution in [0.25, 0.3) is 0 Å². The molecule has 0 radical (unpaired) electrons. The van der Waals surface area contributed by atoms with Crippen LogP contribution in [-0.2, 0) is 10.0 Å². The molecule has 6 heteroatoms. The predicted molar refractivity (Wildman–Crippen MR) is 70.1 cm³/mol. The van der Waals surface area contributed by atoms with Gasteiger partial charge >= 0.3 is 0 Å². The normalized spacial score (nSPS) is 19.0. The van der Waals surface area contributed by atoms with Gasteiger partial charge in [-0.2, -0.15) is 0 Å². The van der Waals surface area contributed by atoms with E-state index in [1.165, 1.54) is 24.3 Å². The number of halogens is 1. The molecular formula is C12H16ClNO3S. The molecule has 0 bridgehead atoms. The molecule has 0 amide bonds. The average Bonchev–Trinajstić information content (AvgIpc) is 2.75. The Balaban J connectivity index is 2.05. The fraction of sp³-hybridized carbons (Fsp3) is 0.500. The first kappa shape index (κ1) is 13.8. The van der Waals surface area contributed by atoms with Crippen molar-refractivity contribution in [3.63, 3.8) is 0 Å². The van der Waals surface area contributed by atoms with Crippen molar-refractivity contribution in [2.75, 3.05) is 6.54 Å². The molecular weight excluding hydrogens is 274 g/mol. The van der Waals surface area contributed by atoms with E-state index in [1.54, 1.807) is 0 Å². The molecule has 1 fully saturated rings. The van der Waals surface area contributed by atoms with Gasteiger partial charge in [-0.1, -0.05) is 24.4 Å². The molecule has 0 atom stereocenters. The maximum Gasteiger partial charge on any atom is 0.240 e. The lowest BCUT2D eigenvalue weighted by Crippen LogP contribution is -2.40. The smallest absolute Gasteiger partial charge is 0.240 e. The highest BCUT2D eigenvalue weighted by molar-refractivity contribution is 7.89. The molecule has 1 aromatic carbocycles. The monoisotopic (exact) mass is 289 g/mol. The van der Waals surface area contributed by atoms with Gasteiger partial charge in [0, 0.05) is 11.6 Å². The molecule has 1 aromatic rings. The highest BCUT2D eigenvalue weighted by atomic mass is 35.5. The Morgan fingerprint density at radius 2 is 1.78 bits per heavy atom. The molecule has 0 unspecified atom stereocenters. The van der Waals surface area contributed by atoms with Crippen molar-refractivity contribution in [2.45, 2.75) is 36.2 Å². The lowest BCUT2D eigenvalue weighted by atomic mass is 10.0. The van der Waals surface area contributed by atoms with Crippen molar-refractivity contribution >= 4 is 21.6 Å². The van der Waals surface area contributed by atoms with E-state index in [0.29, 0.717) is 17.9 Å². The van der Waals surface area contributed by atoms with Crippen LogP contribution in [-0.4, -0.2) is 25.7 Å². The molecule has 0 aromatic heterocycles. The number of hydrogen-bond donors (Lipinski definition) is 2. The third-order valence-electron chi connectivity index (χ3n) is 3.25. The van der Waals surface area contributed by atoms with E-state index in [2.05, 4.69) is 4.72 Å². The van der Waals surface area contributed by atoms with Crippen LogP contribution in [0, 0.1) is 0 Å². The zero-order valence-electron chi connectivity index (χ0n) is 9.89. The number of aliphatic hydroxyl groups is 1. The SMILES string of the molecule is O=S(=O)(NCC1(O)CCCC1)c1ccc(Cl)cc1. The van der Waals surface area contributed by atoms with Crippen molar-refractivity contribution in [3.05, 3.63) is 29.3 Å². The largest absolute Gasteiger partial charge is 0.389 e. The summed E-state index contributed by atoms with van der Waals surface area (Å²) in [5, 5.41) is 10.6. The summed E-state index contributed by atoms with van der Waals surface area (Å²) in [4.78, 5) is 0.161. The predicted octanol–water partition coefficient (Wildman–Crippen LogP) is 1.92. The number of sulfonamides is 1. The summed E-state index contributed by atoms with van der Waals surface area (Å²) >= 11 is 5.71. The third-order valence-corrected chi connectivity index (χ3v) is 4.92. The van der Waals surface area contributed by atoms with Gasteiger partial charge in [-0.05, 0) is 37.1 Å². The van der Waals surface area contributed by atoms with Crippen molar-refractivity contribution in [2.24, 2.45) is 0 Å². The van der Waals surface area contributed by atoms with E-state index in [-0.39, 0.29) is 11.4 Å². The van der Waals surface area contributed by atoms with E-state index < -0.39 is 15.6 Å². The van der Waals surface area contributed by atoms with Crippen LogP contribution in [0.4, 0.5) is 0 Å². The van der Waals surface area contributed by atoms with Crippen molar-refractivity contribution in [3.8, 4) is 0 Å². The Hall–Kier alpha value is -0.620. The molecule has 1 saturated carbocycles. The van der Waals surface area contributed by atoms with Crippen molar-refractivity contribution < 1.29 is 13.5 Å². The summed E-state index contributed by atoms with van der Waals surface area (Å²) in [7, 11) is -3.57. The first-order chi connectivity index (χ1) is 8.41. The van der Waals surface area contributed by atoms with Gasteiger partial charge in [0.15, 0.2) is 0 Å². The Bertz CT molecular complexity index is 507. The van der Waals surface area contributed by atoms with Gasteiger partial charge in [0.05, 0.1) is 10.5 Å². The van der Waals surface area contributed by atoms with Crippen LogP contribution in [0.1, 0.15) is 25.7 Å². The Labute approximate surface area is 112 Å². The first-order valence-corrected chi connectivity index (χ1v) is 7.75. The van der Waals surface area contributed by atoms with E-state index in [1.807, 2.05) is 0 Å². The topological polar surface area (TPSA) is 66.4 Å². The summed E-state index contributed by atoms with van der Waals surface area (Å²) < 4.78 is 26.4. The van der Waals surface area contributed by atoms with Gasteiger partial charge in [0.25, 0.3) is 0 Å². The van der Waals surface area contributed by atoms with E-state index >= 15 is 0 Å². The second kappa shape index (κ2) is 5.17. The van der Waals surface area contributed by atoms with Gasteiger partial charge < -0.3 is 5.11 Å². The van der Waals surface area contributed by atoms with Gasteiger partial charge in [0.2, 0.25) is 10.0 Å². The van der Waals surface area contributed by atoms with Crippen LogP contribution in [0.3, 0.4) is 0 Å². The molecule has 0 aliphatic heterocycles. The molecule has 18 heavy (non-hydrogen) atoms. The standard InChI is InChI=1S/C12H16ClNO3S/c13-10-3-5-11(6-4-10)18(16,17)14-9-12(15)7-1-2-8-12/h3-6,14-15H,1-2,7-9H2. The molecule has 1 aliphatic carbocycles. The van der Waals surface area contributed by atoms with E-state index in [0.717, 1.165) is 12.8 Å². The highest BCUT2D eigenvalue weighted by Gasteiger charge is 2.32. The highest BCUT2D eigenvalue weighted by Crippen LogP contribution is 2.29. The molecule has 4 nitrogen and oxygen atoms in total. The first-order valence-electron chi connectivity index (χ1n) is 5.89. The summed E-state index contributed by atoms with van der Waals surface area (Å²) in [6.45, 7) is 0.0674. The molecule has 0 spiro atoms. The maximum absolute atomic E-state index is 12.0. The Kier molecular flexibility index (Phi) is 3.96. The molecule has 2 N–H and O–H groups in total. The summed E-state index contributed by atoms with van der Waals surface area (Å²) in [5.41, 5.74) is -0.889. The van der Waals surface area contributed by atoms with Gasteiger partial charge in [-0.3, -0.25) is 0 Å². The molecule has 2 rings (SSSR count). The van der Waals surface area contributed by atoms with E-state index in [4.69, 9.17) is 11.6 Å². The molecule has 100 valence electrons. The minimum Gasteiger partial charge on any atom is -0.389 e. The van der Waals surface area contributed by atoms with Crippen LogP contribution < -0.4 is 4.72 Å². The van der Waals surface area contributed by atoms with Gasteiger partial charge in [0.1, 0.15) is 0 Å². The van der Waals surface area contributed by atoms with Crippen LogP contribution >= 0.6 is 11.6 Å². The second-order valence-corrected chi connectivity index (χ2v) is 6.91. The lowest BCUT2D eigenvalue weighted by molar-refractivity contribution is 0.0532. The van der Waals surface area contributed by atoms with Crippen molar-refractivity contribution in [1.82, 2.24) is 4.72 Å². The zero-order valence-corrected chi connectivity index (χ0v) is 11.5. The quantitative estimate of drug-likeness (QED) is 0.890. The number of hydrogen-bond acceptors (Lipinski definition) is 3. The molecule has 0 saturated heterocycles. The number of rotatable bonds is 4. The minimum atomic E-state index is -3.57. The average molecular weight is 290 g/mol. The number of nitrogens with one attached hydrogen (secondary N) is 1. The van der Waals surface area contributed by atoms with Gasteiger partial charge in [-0.25, -0.2) is 13.1 Å². The summed E-state index contributed by atoms with van der Waals surface area (Å²) in [6, 6.07) is 5.95. The van der Waals surface area contributed by atoms with E-state index in [9.17, 15) is 13.5 Å². The van der Waals surface area contributed by atoms with Crippen molar-refractivity contribution in [1.29, 1.82) is 0 Å².